The Hall–Kier alpha value is -2.26. The molecule has 0 saturated carbocycles. The molecule has 0 atom stereocenters. The normalized spacial score (nSPS) is 11.4. The van der Waals surface area contributed by atoms with E-state index in [2.05, 4.69) is 15.5 Å². The summed E-state index contributed by atoms with van der Waals surface area (Å²) in [5.74, 6) is 0.537. The SMILES string of the molecule is Cc1noc(CC(=O)NCCc2ccc(S(N)(=O)=O)cc2)n1. The number of sulfonamides is 1. The number of carbonyl (C=O) groups excluding carboxylic acids is 1. The van der Waals surface area contributed by atoms with Crippen molar-refractivity contribution in [3.05, 3.63) is 41.5 Å². The first-order valence-corrected chi connectivity index (χ1v) is 8.07. The average molecular weight is 324 g/mol. The highest BCUT2D eigenvalue weighted by Gasteiger charge is 2.09. The highest BCUT2D eigenvalue weighted by Crippen LogP contribution is 2.08. The molecule has 9 heteroatoms. The Morgan fingerprint density at radius 1 is 1.32 bits per heavy atom. The first-order chi connectivity index (χ1) is 10.3. The third-order valence-corrected chi connectivity index (χ3v) is 3.80. The van der Waals surface area contributed by atoms with Gasteiger partial charge in [0.05, 0.1) is 4.90 Å². The van der Waals surface area contributed by atoms with Crippen molar-refractivity contribution in [2.75, 3.05) is 6.54 Å². The molecule has 0 bridgehead atoms. The van der Waals surface area contributed by atoms with Gasteiger partial charge in [-0.1, -0.05) is 17.3 Å². The van der Waals surface area contributed by atoms with Gasteiger partial charge in [0.1, 0.15) is 6.42 Å². The van der Waals surface area contributed by atoms with E-state index in [0.29, 0.717) is 18.8 Å². The summed E-state index contributed by atoms with van der Waals surface area (Å²) in [5, 5.41) is 11.3. The summed E-state index contributed by atoms with van der Waals surface area (Å²) in [4.78, 5) is 15.7. The Bertz CT molecular complexity index is 753. The molecule has 0 radical (unpaired) electrons. The summed E-state index contributed by atoms with van der Waals surface area (Å²) >= 11 is 0. The number of carbonyl (C=O) groups is 1. The monoisotopic (exact) mass is 324 g/mol. The van der Waals surface area contributed by atoms with Gasteiger partial charge < -0.3 is 9.84 Å². The van der Waals surface area contributed by atoms with Crippen LogP contribution in [0.2, 0.25) is 0 Å². The fraction of sp³-hybridized carbons (Fsp3) is 0.308. The summed E-state index contributed by atoms with van der Waals surface area (Å²) in [6.07, 6.45) is 0.602. The van der Waals surface area contributed by atoms with Crippen LogP contribution in [0.4, 0.5) is 0 Å². The molecule has 8 nitrogen and oxygen atoms in total. The molecule has 3 N–H and O–H groups in total. The quantitative estimate of drug-likeness (QED) is 0.765. The van der Waals surface area contributed by atoms with Gasteiger partial charge in [0.2, 0.25) is 21.8 Å². The van der Waals surface area contributed by atoms with E-state index >= 15 is 0 Å². The van der Waals surface area contributed by atoms with E-state index < -0.39 is 10.0 Å². The molecule has 1 aromatic carbocycles. The van der Waals surface area contributed by atoms with Gasteiger partial charge in [-0.15, -0.1) is 0 Å². The molecule has 0 unspecified atom stereocenters. The Labute approximate surface area is 127 Å². The summed E-state index contributed by atoms with van der Waals surface area (Å²) in [5.41, 5.74) is 0.890. The number of aromatic nitrogens is 2. The van der Waals surface area contributed by atoms with Crippen LogP contribution in [0.15, 0.2) is 33.7 Å². The van der Waals surface area contributed by atoms with Crippen LogP contribution in [0.3, 0.4) is 0 Å². The van der Waals surface area contributed by atoms with Crippen LogP contribution in [0.25, 0.3) is 0 Å². The Morgan fingerprint density at radius 2 is 2.00 bits per heavy atom. The standard InChI is InChI=1S/C13H16N4O4S/c1-9-16-13(21-17-9)8-12(18)15-7-6-10-2-4-11(5-3-10)22(14,19)20/h2-5H,6-8H2,1H3,(H,15,18)(H2,14,19,20). The predicted octanol–water partition coefficient (Wildman–Crippen LogP) is -0.0732. The van der Waals surface area contributed by atoms with Crippen LogP contribution in [0, 0.1) is 6.92 Å². The van der Waals surface area contributed by atoms with Crippen LogP contribution < -0.4 is 10.5 Å². The zero-order chi connectivity index (χ0) is 16.2. The molecule has 1 aromatic heterocycles. The van der Waals surface area contributed by atoms with E-state index in [4.69, 9.17) is 9.66 Å². The number of hydrogen-bond acceptors (Lipinski definition) is 6. The van der Waals surface area contributed by atoms with Crippen molar-refractivity contribution in [1.29, 1.82) is 0 Å². The molecule has 1 amide bonds. The molecule has 2 aromatic rings. The Balaban J connectivity index is 1.79. The van der Waals surface area contributed by atoms with E-state index in [0.717, 1.165) is 5.56 Å². The van der Waals surface area contributed by atoms with E-state index in [1.165, 1.54) is 12.1 Å². The van der Waals surface area contributed by atoms with E-state index in [1.807, 2.05) is 0 Å². The van der Waals surface area contributed by atoms with Gasteiger partial charge in [0.15, 0.2) is 5.82 Å². The van der Waals surface area contributed by atoms with Gasteiger partial charge in [0.25, 0.3) is 0 Å². The lowest BCUT2D eigenvalue weighted by Crippen LogP contribution is -2.27. The molecule has 0 saturated heterocycles. The lowest BCUT2D eigenvalue weighted by molar-refractivity contribution is -0.120. The maximum Gasteiger partial charge on any atom is 0.238 e. The number of hydrogen-bond donors (Lipinski definition) is 2. The second kappa shape index (κ2) is 6.67. The number of primary sulfonamides is 1. The minimum atomic E-state index is -3.68. The van der Waals surface area contributed by atoms with Crippen molar-refractivity contribution in [3.63, 3.8) is 0 Å². The lowest BCUT2D eigenvalue weighted by atomic mass is 10.1. The van der Waals surface area contributed by atoms with E-state index in [1.54, 1.807) is 19.1 Å². The molecule has 22 heavy (non-hydrogen) atoms. The maximum atomic E-state index is 11.7. The van der Waals surface area contributed by atoms with Gasteiger partial charge in [-0.3, -0.25) is 4.79 Å². The highest BCUT2D eigenvalue weighted by molar-refractivity contribution is 7.89. The van der Waals surface area contributed by atoms with Crippen molar-refractivity contribution < 1.29 is 17.7 Å². The van der Waals surface area contributed by atoms with Gasteiger partial charge in [-0.2, -0.15) is 4.98 Å². The molecule has 0 fully saturated rings. The molecule has 0 aliphatic carbocycles. The first kappa shape index (κ1) is 16.1. The molecular weight excluding hydrogens is 308 g/mol. The third-order valence-electron chi connectivity index (χ3n) is 2.87. The van der Waals surface area contributed by atoms with Gasteiger partial charge in [-0.05, 0) is 31.0 Å². The van der Waals surface area contributed by atoms with Crippen LogP contribution in [-0.4, -0.2) is 31.0 Å². The topological polar surface area (TPSA) is 128 Å². The van der Waals surface area contributed by atoms with Crippen molar-refractivity contribution in [2.24, 2.45) is 5.14 Å². The summed E-state index contributed by atoms with van der Waals surface area (Å²) in [6.45, 7) is 2.09. The van der Waals surface area contributed by atoms with Crippen molar-refractivity contribution in [3.8, 4) is 0 Å². The first-order valence-electron chi connectivity index (χ1n) is 6.52. The molecule has 0 aliphatic rings. The predicted molar refractivity (Wildman–Crippen MR) is 77.3 cm³/mol. The van der Waals surface area contributed by atoms with Crippen LogP contribution >= 0.6 is 0 Å². The molecular formula is C13H16N4O4S. The summed E-state index contributed by atoms with van der Waals surface area (Å²) in [6, 6.07) is 6.20. The minimum Gasteiger partial charge on any atom is -0.355 e. The minimum absolute atomic E-state index is 0.0329. The molecule has 118 valence electrons. The molecule has 0 spiro atoms. The van der Waals surface area contributed by atoms with E-state index in [9.17, 15) is 13.2 Å². The largest absolute Gasteiger partial charge is 0.355 e. The number of nitrogens with two attached hydrogens (primary N) is 1. The fourth-order valence-corrected chi connectivity index (χ4v) is 2.32. The maximum absolute atomic E-state index is 11.7. The lowest BCUT2D eigenvalue weighted by Gasteiger charge is -2.05. The number of aryl methyl sites for hydroxylation is 1. The third kappa shape index (κ3) is 4.64. The smallest absolute Gasteiger partial charge is 0.238 e. The number of amides is 1. The number of nitrogens with one attached hydrogen (secondary N) is 1. The van der Waals surface area contributed by atoms with Crippen LogP contribution in [-0.2, 0) is 27.7 Å². The van der Waals surface area contributed by atoms with Crippen LogP contribution in [0.1, 0.15) is 17.3 Å². The Kier molecular flexibility index (Phi) is 4.88. The van der Waals surface area contributed by atoms with E-state index in [-0.39, 0.29) is 23.1 Å². The molecule has 1 heterocycles. The molecule has 2 rings (SSSR count). The number of rotatable bonds is 6. The second-order valence-corrected chi connectivity index (χ2v) is 6.26. The zero-order valence-electron chi connectivity index (χ0n) is 11.9. The zero-order valence-corrected chi connectivity index (χ0v) is 12.8. The molecule has 0 aliphatic heterocycles. The summed E-state index contributed by atoms with van der Waals surface area (Å²) < 4.78 is 27.1. The fourth-order valence-electron chi connectivity index (χ4n) is 1.80. The summed E-state index contributed by atoms with van der Waals surface area (Å²) in [7, 11) is -3.68. The van der Waals surface area contributed by atoms with Crippen LogP contribution in [0.5, 0.6) is 0 Å². The van der Waals surface area contributed by atoms with Crippen molar-refractivity contribution >= 4 is 15.9 Å². The van der Waals surface area contributed by atoms with Crippen molar-refractivity contribution in [2.45, 2.75) is 24.7 Å². The second-order valence-electron chi connectivity index (χ2n) is 4.70. The van der Waals surface area contributed by atoms with Gasteiger partial charge in [0, 0.05) is 6.54 Å². The number of nitrogens with zero attached hydrogens (tertiary/aromatic N) is 2. The Morgan fingerprint density at radius 3 is 2.55 bits per heavy atom. The average Bonchev–Trinajstić information content (AvgIpc) is 2.83. The van der Waals surface area contributed by atoms with Crippen molar-refractivity contribution in [1.82, 2.24) is 15.5 Å². The number of benzene rings is 1. The van der Waals surface area contributed by atoms with Gasteiger partial charge >= 0.3 is 0 Å². The van der Waals surface area contributed by atoms with Gasteiger partial charge in [-0.25, -0.2) is 13.6 Å². The highest BCUT2D eigenvalue weighted by atomic mass is 32.2.